The Balaban J connectivity index is 1.62. The zero-order valence-corrected chi connectivity index (χ0v) is 20.7. The highest BCUT2D eigenvalue weighted by Gasteiger charge is 2.30. The number of hydrogen-bond acceptors (Lipinski definition) is 6. The van der Waals surface area contributed by atoms with Crippen LogP contribution in [-0.4, -0.2) is 64.3 Å². The molecule has 3 rings (SSSR count). The fourth-order valence-corrected chi connectivity index (χ4v) is 5.62. The van der Waals surface area contributed by atoms with E-state index < -0.39 is 12.1 Å². The van der Waals surface area contributed by atoms with Crippen molar-refractivity contribution in [2.75, 3.05) is 38.2 Å². The molecule has 2 unspecified atom stereocenters. The molecule has 1 aromatic carbocycles. The fraction of sp³-hybridized carbons (Fsp3) is 0.615. The fourth-order valence-electron chi connectivity index (χ4n) is 5.00. The van der Waals surface area contributed by atoms with Gasteiger partial charge in [-0.05, 0) is 98.4 Å². The molecular weight excluding hydrogens is 436 g/mol. The molecule has 1 fully saturated rings. The molecule has 7 heteroatoms. The molecule has 6 nitrogen and oxygen atoms in total. The number of likely N-dealkylation sites (tertiary alicyclic amines) is 1. The molecule has 1 saturated heterocycles. The number of ether oxygens (including phenoxy) is 1. The standard InChI is InChI=1S/C26H38N2O4S/c1-3-33-16-4-14-28-15-12-19(20(18-28)6-10-26(30)31)5-9-25(29)22-11-13-27-24-8-7-21(32-2)17-23(22)24/h7-8,11,13,17,19-20,25,29H,3-6,9-10,12,14-16,18H2,1-2H3,(H,30,31)/t19?,20?,25-/m0/s1. The van der Waals surface area contributed by atoms with Crippen LogP contribution in [0.1, 0.15) is 57.1 Å². The normalized spacial score (nSPS) is 20.1. The number of carboxylic acid groups (broad SMARTS) is 1. The van der Waals surface area contributed by atoms with Gasteiger partial charge in [0, 0.05) is 24.5 Å². The SMILES string of the molecule is CCSCCCN1CCC(CC[C@H](O)c2ccnc3ccc(OC)cc23)C(CCC(=O)O)C1. The number of pyridine rings is 1. The van der Waals surface area contributed by atoms with Gasteiger partial charge in [0.05, 0.1) is 18.7 Å². The highest BCUT2D eigenvalue weighted by Crippen LogP contribution is 2.35. The minimum absolute atomic E-state index is 0.220. The molecule has 182 valence electrons. The second-order valence-electron chi connectivity index (χ2n) is 8.97. The zero-order chi connectivity index (χ0) is 23.6. The van der Waals surface area contributed by atoms with Crippen molar-refractivity contribution in [3.63, 3.8) is 0 Å². The van der Waals surface area contributed by atoms with Crippen LogP contribution in [0.4, 0.5) is 0 Å². The first-order chi connectivity index (χ1) is 16.0. The van der Waals surface area contributed by atoms with Crippen LogP contribution in [0.3, 0.4) is 0 Å². The van der Waals surface area contributed by atoms with Gasteiger partial charge in [-0.15, -0.1) is 0 Å². The van der Waals surface area contributed by atoms with Gasteiger partial charge in [-0.1, -0.05) is 6.92 Å². The molecule has 0 aliphatic carbocycles. The predicted octanol–water partition coefficient (Wildman–Crippen LogP) is 5.00. The first kappa shape index (κ1) is 25.8. The van der Waals surface area contributed by atoms with Crippen molar-refractivity contribution >= 4 is 28.6 Å². The number of aliphatic hydroxyl groups is 1. The molecule has 3 atom stereocenters. The summed E-state index contributed by atoms with van der Waals surface area (Å²) in [6, 6.07) is 7.63. The quantitative estimate of drug-likeness (QED) is 0.395. The summed E-state index contributed by atoms with van der Waals surface area (Å²) in [7, 11) is 1.64. The third-order valence-electron chi connectivity index (χ3n) is 6.82. The number of piperidine rings is 1. The summed E-state index contributed by atoms with van der Waals surface area (Å²) < 4.78 is 5.36. The molecule has 1 aromatic heterocycles. The number of hydrogen-bond donors (Lipinski definition) is 2. The molecular formula is C26H38N2O4S. The van der Waals surface area contributed by atoms with Crippen LogP contribution in [0.25, 0.3) is 10.9 Å². The first-order valence-electron chi connectivity index (χ1n) is 12.1. The van der Waals surface area contributed by atoms with Crippen molar-refractivity contribution < 1.29 is 19.7 Å². The largest absolute Gasteiger partial charge is 0.497 e. The average molecular weight is 475 g/mol. The topological polar surface area (TPSA) is 82.9 Å². The van der Waals surface area contributed by atoms with Crippen LogP contribution in [0.15, 0.2) is 30.5 Å². The first-order valence-corrected chi connectivity index (χ1v) is 13.3. The minimum Gasteiger partial charge on any atom is -0.497 e. The van der Waals surface area contributed by atoms with E-state index in [0.717, 1.165) is 60.4 Å². The Kier molecular flexibility index (Phi) is 10.3. The van der Waals surface area contributed by atoms with Crippen molar-refractivity contribution in [3.05, 3.63) is 36.0 Å². The van der Waals surface area contributed by atoms with Gasteiger partial charge in [-0.3, -0.25) is 9.78 Å². The lowest BCUT2D eigenvalue weighted by molar-refractivity contribution is -0.137. The van der Waals surface area contributed by atoms with Gasteiger partial charge in [0.25, 0.3) is 0 Å². The molecule has 1 aliphatic heterocycles. The summed E-state index contributed by atoms with van der Waals surface area (Å²) >= 11 is 1.98. The maximum atomic E-state index is 11.2. The van der Waals surface area contributed by atoms with E-state index in [9.17, 15) is 15.0 Å². The molecule has 0 amide bonds. The Morgan fingerprint density at radius 1 is 1.30 bits per heavy atom. The van der Waals surface area contributed by atoms with Crippen LogP contribution >= 0.6 is 11.8 Å². The molecule has 0 spiro atoms. The Bertz CT molecular complexity index is 894. The minimum atomic E-state index is -0.720. The van der Waals surface area contributed by atoms with Gasteiger partial charge in [0.15, 0.2) is 0 Å². The maximum Gasteiger partial charge on any atom is 0.303 e. The van der Waals surface area contributed by atoms with Crippen LogP contribution in [0.2, 0.25) is 0 Å². The van der Waals surface area contributed by atoms with Crippen molar-refractivity contribution in [3.8, 4) is 5.75 Å². The molecule has 0 radical (unpaired) electrons. The molecule has 0 bridgehead atoms. The van der Waals surface area contributed by atoms with Gasteiger partial charge < -0.3 is 19.8 Å². The number of nitrogens with zero attached hydrogens (tertiary/aromatic N) is 2. The number of fused-ring (bicyclic) bond motifs is 1. The number of aliphatic carboxylic acids is 1. The number of rotatable bonds is 13. The van der Waals surface area contributed by atoms with Gasteiger partial charge >= 0.3 is 5.97 Å². The lowest BCUT2D eigenvalue weighted by Gasteiger charge is -2.39. The summed E-state index contributed by atoms with van der Waals surface area (Å²) in [6.45, 7) is 5.32. The summed E-state index contributed by atoms with van der Waals surface area (Å²) in [5, 5.41) is 21.2. The Morgan fingerprint density at radius 2 is 2.15 bits per heavy atom. The van der Waals surface area contributed by atoms with E-state index in [1.165, 1.54) is 12.2 Å². The number of thioether (sulfide) groups is 1. The van der Waals surface area contributed by atoms with E-state index in [2.05, 4.69) is 16.8 Å². The molecule has 2 heterocycles. The summed E-state index contributed by atoms with van der Waals surface area (Å²) in [6.07, 6.45) is 5.93. The summed E-state index contributed by atoms with van der Waals surface area (Å²) in [5.74, 6) is 3.20. The van der Waals surface area contributed by atoms with Crippen LogP contribution in [-0.2, 0) is 4.79 Å². The Morgan fingerprint density at radius 3 is 2.91 bits per heavy atom. The lowest BCUT2D eigenvalue weighted by atomic mass is 9.79. The van der Waals surface area contributed by atoms with Gasteiger partial charge in [-0.25, -0.2) is 0 Å². The third kappa shape index (κ3) is 7.59. The second kappa shape index (κ2) is 13.2. The van der Waals surface area contributed by atoms with E-state index in [1.807, 2.05) is 36.0 Å². The van der Waals surface area contributed by atoms with Gasteiger partial charge in [0.1, 0.15) is 5.75 Å². The number of aromatic nitrogens is 1. The van der Waals surface area contributed by atoms with Crippen LogP contribution < -0.4 is 4.74 Å². The highest BCUT2D eigenvalue weighted by atomic mass is 32.2. The number of methoxy groups -OCH3 is 1. The molecule has 2 N–H and O–H groups in total. The third-order valence-corrected chi connectivity index (χ3v) is 7.81. The van der Waals surface area contributed by atoms with Crippen molar-refractivity contribution in [1.29, 1.82) is 0 Å². The average Bonchev–Trinajstić information content (AvgIpc) is 2.83. The highest BCUT2D eigenvalue weighted by molar-refractivity contribution is 7.99. The molecule has 2 aromatic rings. The van der Waals surface area contributed by atoms with Crippen LogP contribution in [0.5, 0.6) is 5.75 Å². The molecule has 0 saturated carbocycles. The smallest absolute Gasteiger partial charge is 0.303 e. The van der Waals surface area contributed by atoms with E-state index in [0.29, 0.717) is 24.7 Å². The number of carboxylic acids is 1. The lowest BCUT2D eigenvalue weighted by Crippen LogP contribution is -2.41. The van der Waals surface area contributed by atoms with E-state index >= 15 is 0 Å². The second-order valence-corrected chi connectivity index (χ2v) is 10.4. The van der Waals surface area contributed by atoms with Crippen LogP contribution in [0, 0.1) is 11.8 Å². The Hall–Kier alpha value is -1.83. The zero-order valence-electron chi connectivity index (χ0n) is 19.9. The number of aliphatic hydroxyl groups excluding tert-OH is 1. The van der Waals surface area contributed by atoms with E-state index in [4.69, 9.17) is 4.74 Å². The van der Waals surface area contributed by atoms with Crippen molar-refractivity contribution in [2.24, 2.45) is 11.8 Å². The number of carbonyl (C=O) groups is 1. The van der Waals surface area contributed by atoms with Crippen molar-refractivity contribution in [2.45, 2.75) is 51.6 Å². The summed E-state index contributed by atoms with van der Waals surface area (Å²) in [4.78, 5) is 18.2. The molecule has 33 heavy (non-hydrogen) atoms. The van der Waals surface area contributed by atoms with E-state index in [1.54, 1.807) is 13.3 Å². The molecule has 1 aliphatic rings. The van der Waals surface area contributed by atoms with Gasteiger partial charge in [0.2, 0.25) is 0 Å². The number of benzene rings is 1. The maximum absolute atomic E-state index is 11.2. The Labute approximate surface area is 201 Å². The van der Waals surface area contributed by atoms with E-state index in [-0.39, 0.29) is 6.42 Å². The van der Waals surface area contributed by atoms with Crippen molar-refractivity contribution in [1.82, 2.24) is 9.88 Å². The predicted molar refractivity (Wildman–Crippen MR) is 135 cm³/mol. The van der Waals surface area contributed by atoms with Gasteiger partial charge in [-0.2, -0.15) is 11.8 Å². The summed E-state index contributed by atoms with van der Waals surface area (Å²) in [5.41, 5.74) is 1.73. The monoisotopic (exact) mass is 474 g/mol.